The summed E-state index contributed by atoms with van der Waals surface area (Å²) < 4.78 is 5.88. The van der Waals surface area contributed by atoms with Crippen LogP contribution in [0.2, 0.25) is 0 Å². The summed E-state index contributed by atoms with van der Waals surface area (Å²) in [6.07, 6.45) is 4.16. The van der Waals surface area contributed by atoms with Crippen LogP contribution in [0.5, 0.6) is 5.75 Å². The first-order valence-electron chi connectivity index (χ1n) is 9.22. The van der Waals surface area contributed by atoms with Crippen LogP contribution >= 0.6 is 0 Å². The number of amides is 2. The van der Waals surface area contributed by atoms with E-state index in [0.29, 0.717) is 31.3 Å². The molecule has 3 fully saturated rings. The molecule has 6 heteroatoms. The van der Waals surface area contributed by atoms with Crippen LogP contribution in [0.15, 0.2) is 24.3 Å². The standard InChI is InChI=1S/C19H25N3O3/c23-18(12-21-8-2-5-19(21)24)20-15-3-1-4-17(9-15)25-13-16-11-22(16)10-14-6-7-14/h1,3-4,9,14,16H,2,5-8,10-13H2,(H,20,23). The van der Waals surface area contributed by atoms with E-state index < -0.39 is 0 Å². The third-order valence-electron chi connectivity index (χ3n) is 5.08. The van der Waals surface area contributed by atoms with E-state index in [1.165, 1.54) is 19.4 Å². The van der Waals surface area contributed by atoms with Crippen molar-refractivity contribution in [1.82, 2.24) is 9.80 Å². The molecule has 1 saturated carbocycles. The van der Waals surface area contributed by atoms with Gasteiger partial charge < -0.3 is 15.0 Å². The molecule has 0 aromatic heterocycles. The maximum Gasteiger partial charge on any atom is 0.243 e. The first-order valence-corrected chi connectivity index (χ1v) is 9.22. The van der Waals surface area contributed by atoms with Crippen LogP contribution in [0.3, 0.4) is 0 Å². The maximum absolute atomic E-state index is 12.1. The topological polar surface area (TPSA) is 61.6 Å². The fourth-order valence-corrected chi connectivity index (χ4v) is 3.34. The summed E-state index contributed by atoms with van der Waals surface area (Å²) >= 11 is 0. The second kappa shape index (κ2) is 7.04. The Kier molecular flexibility index (Phi) is 4.61. The summed E-state index contributed by atoms with van der Waals surface area (Å²) in [5.74, 6) is 1.59. The Bertz CT molecular complexity index is 659. The predicted octanol–water partition coefficient (Wildman–Crippen LogP) is 1.72. The van der Waals surface area contributed by atoms with Crippen LogP contribution in [0, 0.1) is 5.92 Å². The number of likely N-dealkylation sites (tertiary alicyclic amines) is 1. The lowest BCUT2D eigenvalue weighted by molar-refractivity contribution is -0.131. The lowest BCUT2D eigenvalue weighted by Gasteiger charge is -2.15. The Balaban J connectivity index is 1.23. The van der Waals surface area contributed by atoms with E-state index in [0.717, 1.165) is 24.6 Å². The van der Waals surface area contributed by atoms with Crippen molar-refractivity contribution < 1.29 is 14.3 Å². The Morgan fingerprint density at radius 1 is 1.32 bits per heavy atom. The van der Waals surface area contributed by atoms with Gasteiger partial charge in [0.15, 0.2) is 0 Å². The Morgan fingerprint density at radius 3 is 2.96 bits per heavy atom. The molecule has 2 amide bonds. The van der Waals surface area contributed by atoms with E-state index in [2.05, 4.69) is 10.2 Å². The lowest BCUT2D eigenvalue weighted by atomic mass is 10.3. The molecule has 25 heavy (non-hydrogen) atoms. The van der Waals surface area contributed by atoms with Gasteiger partial charge in [-0.25, -0.2) is 0 Å². The molecule has 1 aromatic rings. The smallest absolute Gasteiger partial charge is 0.243 e. The van der Waals surface area contributed by atoms with Gasteiger partial charge in [-0.3, -0.25) is 14.5 Å². The first-order chi connectivity index (χ1) is 12.2. The van der Waals surface area contributed by atoms with Crippen LogP contribution < -0.4 is 10.1 Å². The molecule has 2 unspecified atom stereocenters. The van der Waals surface area contributed by atoms with E-state index in [1.54, 1.807) is 4.90 Å². The second-order valence-corrected chi connectivity index (χ2v) is 7.36. The van der Waals surface area contributed by atoms with Crippen molar-refractivity contribution >= 4 is 17.5 Å². The molecular formula is C19H25N3O3. The molecule has 3 aliphatic rings. The fourth-order valence-electron chi connectivity index (χ4n) is 3.34. The maximum atomic E-state index is 12.1. The number of nitrogens with zero attached hydrogens (tertiary/aromatic N) is 2. The zero-order valence-corrected chi connectivity index (χ0v) is 14.4. The van der Waals surface area contributed by atoms with Gasteiger partial charge in [-0.1, -0.05) is 6.07 Å². The highest BCUT2D eigenvalue weighted by Crippen LogP contribution is 2.33. The van der Waals surface area contributed by atoms with Crippen LogP contribution in [-0.4, -0.2) is 60.4 Å². The quantitative estimate of drug-likeness (QED) is 0.730. The summed E-state index contributed by atoms with van der Waals surface area (Å²) in [6.45, 7) is 3.86. The second-order valence-electron chi connectivity index (χ2n) is 7.36. The van der Waals surface area contributed by atoms with E-state index >= 15 is 0 Å². The van der Waals surface area contributed by atoms with E-state index in [-0.39, 0.29) is 18.4 Å². The average Bonchev–Trinajstić information content (AvgIpc) is 3.50. The molecule has 4 rings (SSSR count). The van der Waals surface area contributed by atoms with Crippen LogP contribution in [0.25, 0.3) is 0 Å². The fraction of sp³-hybridized carbons (Fsp3) is 0.579. The number of anilines is 1. The number of rotatable bonds is 8. The number of nitrogens with one attached hydrogen (secondary N) is 1. The highest BCUT2D eigenvalue weighted by molar-refractivity contribution is 5.95. The number of carbonyl (C=O) groups is 2. The van der Waals surface area contributed by atoms with E-state index in [4.69, 9.17) is 4.74 Å². The number of hydrogen-bond acceptors (Lipinski definition) is 4. The summed E-state index contributed by atoms with van der Waals surface area (Å²) in [5, 5.41) is 2.85. The summed E-state index contributed by atoms with van der Waals surface area (Å²) in [4.78, 5) is 27.8. The monoisotopic (exact) mass is 343 g/mol. The van der Waals surface area contributed by atoms with Gasteiger partial charge in [-0.05, 0) is 37.3 Å². The van der Waals surface area contributed by atoms with Crippen molar-refractivity contribution in [2.24, 2.45) is 5.92 Å². The van der Waals surface area contributed by atoms with Gasteiger partial charge in [0.2, 0.25) is 11.8 Å². The minimum absolute atomic E-state index is 0.0624. The zero-order chi connectivity index (χ0) is 17.2. The largest absolute Gasteiger partial charge is 0.492 e. The molecule has 1 N–H and O–H groups in total. The number of hydrogen-bond donors (Lipinski definition) is 1. The normalized spacial score (nSPS) is 25.1. The van der Waals surface area contributed by atoms with Gasteiger partial charge in [-0.2, -0.15) is 0 Å². The van der Waals surface area contributed by atoms with Crippen LogP contribution in [0.1, 0.15) is 25.7 Å². The van der Waals surface area contributed by atoms with E-state index in [9.17, 15) is 9.59 Å². The van der Waals surface area contributed by atoms with Crippen molar-refractivity contribution in [2.75, 3.05) is 38.1 Å². The third kappa shape index (κ3) is 4.51. The van der Waals surface area contributed by atoms with Crippen molar-refractivity contribution in [1.29, 1.82) is 0 Å². The molecule has 2 saturated heterocycles. The Morgan fingerprint density at radius 2 is 2.20 bits per heavy atom. The highest BCUT2D eigenvalue weighted by Gasteiger charge is 2.38. The Labute approximate surface area is 148 Å². The van der Waals surface area contributed by atoms with Gasteiger partial charge in [0, 0.05) is 37.8 Å². The number of benzene rings is 1. The average molecular weight is 343 g/mol. The minimum Gasteiger partial charge on any atom is -0.492 e. The Hall–Kier alpha value is -2.08. The molecule has 0 bridgehead atoms. The summed E-state index contributed by atoms with van der Waals surface area (Å²) in [6, 6.07) is 8.01. The van der Waals surface area contributed by atoms with Crippen molar-refractivity contribution in [3.8, 4) is 5.75 Å². The van der Waals surface area contributed by atoms with E-state index in [1.807, 2.05) is 24.3 Å². The first kappa shape index (κ1) is 16.4. The molecule has 0 spiro atoms. The molecule has 6 nitrogen and oxygen atoms in total. The highest BCUT2D eigenvalue weighted by atomic mass is 16.5. The molecule has 2 heterocycles. The van der Waals surface area contributed by atoms with Gasteiger partial charge in [0.1, 0.15) is 12.4 Å². The molecule has 2 aliphatic heterocycles. The summed E-state index contributed by atoms with van der Waals surface area (Å²) in [5.41, 5.74) is 0.708. The number of carbonyl (C=O) groups excluding carboxylic acids is 2. The number of ether oxygens (including phenoxy) is 1. The molecule has 2 atom stereocenters. The van der Waals surface area contributed by atoms with Gasteiger partial charge in [0.25, 0.3) is 0 Å². The molecule has 0 radical (unpaired) electrons. The molecule has 1 aliphatic carbocycles. The molecule has 1 aromatic carbocycles. The van der Waals surface area contributed by atoms with Crippen molar-refractivity contribution in [3.05, 3.63) is 24.3 Å². The lowest BCUT2D eigenvalue weighted by Crippen LogP contribution is -2.33. The van der Waals surface area contributed by atoms with Gasteiger partial charge in [-0.15, -0.1) is 0 Å². The molecule has 134 valence electrons. The SMILES string of the molecule is O=C(CN1CCCC1=O)Nc1cccc(OCC2CN2CC2CC2)c1. The van der Waals surface area contributed by atoms with Gasteiger partial charge >= 0.3 is 0 Å². The van der Waals surface area contributed by atoms with Crippen LogP contribution in [0.4, 0.5) is 5.69 Å². The predicted molar refractivity (Wildman–Crippen MR) is 94.5 cm³/mol. The molecular weight excluding hydrogens is 318 g/mol. The van der Waals surface area contributed by atoms with Crippen LogP contribution in [-0.2, 0) is 9.59 Å². The van der Waals surface area contributed by atoms with Gasteiger partial charge in [0.05, 0.1) is 12.6 Å². The zero-order valence-electron chi connectivity index (χ0n) is 14.4. The van der Waals surface area contributed by atoms with Crippen molar-refractivity contribution in [3.63, 3.8) is 0 Å². The van der Waals surface area contributed by atoms with Crippen molar-refractivity contribution in [2.45, 2.75) is 31.7 Å². The summed E-state index contributed by atoms with van der Waals surface area (Å²) in [7, 11) is 0. The third-order valence-corrected chi connectivity index (χ3v) is 5.08. The minimum atomic E-state index is -0.162.